The van der Waals surface area contributed by atoms with Crippen LogP contribution in [0.3, 0.4) is 0 Å². The van der Waals surface area contributed by atoms with Gasteiger partial charge in [-0.2, -0.15) is 0 Å². The first-order valence-electron chi connectivity index (χ1n) is 14.1. The number of carbonyl (C=O) groups excluding carboxylic acids is 8. The van der Waals surface area contributed by atoms with Crippen LogP contribution in [0.25, 0.3) is 0 Å². The summed E-state index contributed by atoms with van der Waals surface area (Å²) < 4.78 is 4.91. The maximum atomic E-state index is 13.2. The molecule has 0 unspecified atom stereocenters. The number of carboxylic acid groups (broad SMARTS) is 1. The normalized spacial score (nSPS) is 14.1. The predicted molar refractivity (Wildman–Crippen MR) is 158 cm³/mol. The van der Waals surface area contributed by atoms with Gasteiger partial charge in [0.25, 0.3) is 11.8 Å². The number of primary amides is 1. The number of carboxylic acids is 1. The van der Waals surface area contributed by atoms with Gasteiger partial charge in [0.2, 0.25) is 29.5 Å². The fraction of sp³-hybridized carbons (Fsp3) is 0.414. The Labute approximate surface area is 263 Å². The summed E-state index contributed by atoms with van der Waals surface area (Å²) in [4.78, 5) is 109. The minimum Gasteiger partial charge on any atom is -0.481 e. The fourth-order valence-corrected chi connectivity index (χ4v) is 4.00. The topological polar surface area (TPSA) is 260 Å². The van der Waals surface area contributed by atoms with Crippen LogP contribution < -0.4 is 27.0 Å². The van der Waals surface area contributed by atoms with Crippen LogP contribution in [0.4, 0.5) is 5.69 Å². The van der Waals surface area contributed by atoms with Crippen LogP contribution in [0.15, 0.2) is 36.4 Å². The molecule has 1 heterocycles. The lowest BCUT2D eigenvalue weighted by molar-refractivity contribution is -0.142. The highest BCUT2D eigenvalue weighted by Gasteiger charge is 2.30. The third-order valence-electron chi connectivity index (χ3n) is 6.49. The summed E-state index contributed by atoms with van der Waals surface area (Å²) >= 11 is 0. The molecule has 0 aliphatic carbocycles. The Morgan fingerprint density at radius 1 is 0.826 bits per heavy atom. The molecule has 1 aromatic rings. The van der Waals surface area contributed by atoms with E-state index >= 15 is 0 Å². The third kappa shape index (κ3) is 12.6. The maximum Gasteiger partial charge on any atom is 0.303 e. The molecule has 17 heteroatoms. The van der Waals surface area contributed by atoms with E-state index < -0.39 is 77.8 Å². The predicted octanol–water partition coefficient (Wildman–Crippen LogP) is -1.39. The van der Waals surface area contributed by atoms with E-state index in [-0.39, 0.29) is 38.8 Å². The molecule has 0 spiro atoms. The van der Waals surface area contributed by atoms with Gasteiger partial charge in [0.05, 0.1) is 0 Å². The van der Waals surface area contributed by atoms with E-state index in [9.17, 15) is 43.2 Å². The largest absolute Gasteiger partial charge is 0.481 e. The van der Waals surface area contributed by atoms with Gasteiger partial charge in [0.15, 0.2) is 0 Å². The Hall–Kier alpha value is -5.61. The summed E-state index contributed by atoms with van der Waals surface area (Å²) in [6, 6.07) is 2.20. The van der Waals surface area contributed by atoms with Crippen molar-refractivity contribution in [1.82, 2.24) is 20.9 Å². The molecular weight excluding hydrogens is 608 g/mol. The number of hydrogen-bond acceptors (Lipinski definition) is 10. The zero-order valence-electron chi connectivity index (χ0n) is 25.2. The molecule has 1 aliphatic heterocycles. The van der Waals surface area contributed by atoms with Crippen LogP contribution in [-0.2, 0) is 54.5 Å². The molecule has 1 aliphatic rings. The lowest BCUT2D eigenvalue weighted by Gasteiger charge is -2.24. The Morgan fingerprint density at radius 2 is 1.39 bits per heavy atom. The summed E-state index contributed by atoms with van der Waals surface area (Å²) in [6.07, 6.45) is 0.403. The van der Waals surface area contributed by atoms with Crippen molar-refractivity contribution >= 4 is 59.0 Å². The first kappa shape index (κ1) is 36.6. The highest BCUT2D eigenvalue weighted by molar-refractivity contribution is 6.13. The number of nitrogens with zero attached hydrogens (tertiary/aromatic N) is 1. The number of nitrogens with one attached hydrogen (secondary N) is 4. The van der Waals surface area contributed by atoms with Crippen LogP contribution in [0.5, 0.6) is 0 Å². The Morgan fingerprint density at radius 3 is 1.96 bits per heavy atom. The van der Waals surface area contributed by atoms with Crippen molar-refractivity contribution in [2.75, 3.05) is 11.9 Å². The van der Waals surface area contributed by atoms with Crippen molar-refractivity contribution < 1.29 is 53.0 Å². The lowest BCUT2D eigenvalue weighted by atomic mass is 10.1. The van der Waals surface area contributed by atoms with Gasteiger partial charge in [-0.25, -0.2) is 0 Å². The molecule has 248 valence electrons. The molecule has 0 bridgehead atoms. The highest BCUT2D eigenvalue weighted by Crippen LogP contribution is 2.13. The van der Waals surface area contributed by atoms with Crippen molar-refractivity contribution in [3.63, 3.8) is 0 Å². The Bertz CT molecular complexity index is 1370. The average Bonchev–Trinajstić information content (AvgIpc) is 3.31. The van der Waals surface area contributed by atoms with E-state index in [2.05, 4.69) is 21.3 Å². The van der Waals surface area contributed by atoms with Gasteiger partial charge in [-0.05, 0) is 37.5 Å². The minimum absolute atomic E-state index is 0.0138. The van der Waals surface area contributed by atoms with Gasteiger partial charge in [-0.1, -0.05) is 12.1 Å². The summed E-state index contributed by atoms with van der Waals surface area (Å²) in [7, 11) is 0. The zero-order valence-corrected chi connectivity index (χ0v) is 25.2. The fourth-order valence-electron chi connectivity index (χ4n) is 4.00. The Balaban J connectivity index is 2.06. The van der Waals surface area contributed by atoms with Crippen LogP contribution in [0, 0.1) is 0 Å². The summed E-state index contributed by atoms with van der Waals surface area (Å²) in [6.45, 7) is 2.37. The quantitative estimate of drug-likeness (QED) is 0.0800. The molecule has 0 aromatic heterocycles. The van der Waals surface area contributed by atoms with Crippen molar-refractivity contribution in [3.8, 4) is 0 Å². The summed E-state index contributed by atoms with van der Waals surface area (Å²) in [5.74, 6) is -6.84. The molecule has 0 radical (unpaired) electrons. The van der Waals surface area contributed by atoms with E-state index in [4.69, 9.17) is 15.6 Å². The van der Waals surface area contributed by atoms with Gasteiger partial charge >= 0.3 is 11.9 Å². The van der Waals surface area contributed by atoms with Gasteiger partial charge in [0.1, 0.15) is 24.7 Å². The second kappa shape index (κ2) is 17.6. The molecule has 1 aromatic carbocycles. The van der Waals surface area contributed by atoms with Gasteiger partial charge in [-0.15, -0.1) is 0 Å². The molecule has 2 rings (SSSR count). The molecule has 7 N–H and O–H groups in total. The van der Waals surface area contributed by atoms with Crippen molar-refractivity contribution in [2.24, 2.45) is 5.73 Å². The lowest BCUT2D eigenvalue weighted by Crippen LogP contribution is -2.56. The standard InChI is InChI=1S/C29H36N6O11/c1-16(31-23(38)13-14-35-24(39)10-11-25(35)40)27(43)33-20(7-9-22(30)37)29(45)34-21(8-12-26(41)42)28(44)32-19-5-3-18(4-6-19)15-46-17(2)36/h3-6,10-11,16,20-21H,7-9,12-15H2,1-2H3,(H2,30,37)(H,31,38)(H,32,44)(H,33,43)(H,34,45)(H,41,42)/t16-,20+,21+/m1/s1. The maximum absolute atomic E-state index is 13.2. The SMILES string of the molecule is CC(=O)OCc1ccc(NC(=O)[C@H](CCC(=O)O)NC(=O)[C@H](CCC(N)=O)NC(=O)[C@@H](C)NC(=O)CCN2C(=O)C=CC2=O)cc1. The third-order valence-corrected chi connectivity index (χ3v) is 6.49. The number of imide groups is 1. The highest BCUT2D eigenvalue weighted by atomic mass is 16.5. The van der Waals surface area contributed by atoms with Crippen LogP contribution in [-0.4, -0.2) is 88.0 Å². The number of nitrogens with two attached hydrogens (primary N) is 1. The van der Waals surface area contributed by atoms with E-state index in [1.54, 1.807) is 12.1 Å². The monoisotopic (exact) mass is 644 g/mol. The number of ether oxygens (including phenoxy) is 1. The van der Waals surface area contributed by atoms with Crippen molar-refractivity contribution in [2.45, 2.75) is 70.7 Å². The van der Waals surface area contributed by atoms with E-state index in [1.165, 1.54) is 26.0 Å². The number of carbonyl (C=O) groups is 9. The van der Waals surface area contributed by atoms with Crippen LogP contribution in [0.2, 0.25) is 0 Å². The second-order valence-corrected chi connectivity index (χ2v) is 10.2. The van der Waals surface area contributed by atoms with E-state index in [0.717, 1.165) is 17.1 Å². The molecular formula is C29H36N6O11. The first-order valence-corrected chi connectivity index (χ1v) is 14.1. The number of esters is 1. The molecule has 46 heavy (non-hydrogen) atoms. The molecule has 0 fully saturated rings. The minimum atomic E-state index is -1.41. The number of benzene rings is 1. The first-order chi connectivity index (χ1) is 21.7. The van der Waals surface area contributed by atoms with E-state index in [0.29, 0.717) is 11.3 Å². The molecule has 0 saturated heterocycles. The average molecular weight is 645 g/mol. The number of rotatable bonds is 18. The van der Waals surface area contributed by atoms with Crippen molar-refractivity contribution in [1.29, 1.82) is 0 Å². The zero-order chi connectivity index (χ0) is 34.4. The van der Waals surface area contributed by atoms with Gasteiger partial charge < -0.3 is 36.8 Å². The molecule has 7 amide bonds. The number of hydrogen-bond donors (Lipinski definition) is 6. The summed E-state index contributed by atoms with van der Waals surface area (Å²) in [5, 5.41) is 18.9. The smallest absolute Gasteiger partial charge is 0.303 e. The van der Waals surface area contributed by atoms with E-state index in [1.807, 2.05) is 0 Å². The second-order valence-electron chi connectivity index (χ2n) is 10.2. The Kier molecular flexibility index (Phi) is 14.0. The number of amides is 7. The van der Waals surface area contributed by atoms with Crippen molar-refractivity contribution in [3.05, 3.63) is 42.0 Å². The molecule has 0 saturated carbocycles. The van der Waals surface area contributed by atoms with Gasteiger partial charge in [-0.3, -0.25) is 48.1 Å². The van der Waals surface area contributed by atoms with Crippen LogP contribution >= 0.6 is 0 Å². The number of aliphatic carboxylic acids is 1. The molecule has 3 atom stereocenters. The van der Waals surface area contributed by atoms with Crippen LogP contribution in [0.1, 0.15) is 51.5 Å². The number of anilines is 1. The van der Waals surface area contributed by atoms with Gasteiger partial charge in [0, 0.05) is 50.6 Å². The summed E-state index contributed by atoms with van der Waals surface area (Å²) in [5.41, 5.74) is 6.14. The molecule has 17 nitrogen and oxygen atoms in total.